The smallest absolute Gasteiger partial charge is 0.125 e. The molecule has 1 aliphatic heterocycles. The fraction of sp³-hybridized carbons (Fsp3) is 0.333. The summed E-state index contributed by atoms with van der Waals surface area (Å²) in [5, 5.41) is 10.7. The molecule has 1 aliphatic rings. The molecule has 0 saturated heterocycles. The molecule has 0 aromatic heterocycles. The fourth-order valence-electron chi connectivity index (χ4n) is 2.85. The van der Waals surface area contributed by atoms with Crippen molar-refractivity contribution in [3.63, 3.8) is 0 Å². The summed E-state index contributed by atoms with van der Waals surface area (Å²) in [6.45, 7) is 1.25. The van der Waals surface area contributed by atoms with Crippen LogP contribution in [0.1, 0.15) is 17.2 Å². The summed E-state index contributed by atoms with van der Waals surface area (Å²) in [7, 11) is 3.63. The number of benzene rings is 2. The lowest BCUT2D eigenvalue weighted by atomic mass is 9.97. The molecule has 0 saturated carbocycles. The van der Waals surface area contributed by atoms with Crippen LogP contribution in [0.15, 0.2) is 48.5 Å². The second-order valence-corrected chi connectivity index (χ2v) is 5.63. The zero-order chi connectivity index (χ0) is 15.5. The number of rotatable bonds is 4. The molecule has 4 heteroatoms. The van der Waals surface area contributed by atoms with E-state index < -0.39 is 6.10 Å². The normalized spacial score (nSPS) is 20.4. The van der Waals surface area contributed by atoms with Crippen LogP contribution in [0.25, 0.3) is 0 Å². The Bertz CT molecular complexity index is 629. The topological polar surface area (TPSA) is 41.9 Å². The third-order valence-electron chi connectivity index (χ3n) is 4.15. The van der Waals surface area contributed by atoms with Crippen LogP contribution in [0.4, 0.5) is 0 Å². The first-order valence-electron chi connectivity index (χ1n) is 7.42. The lowest BCUT2D eigenvalue weighted by Crippen LogP contribution is -2.43. The maximum absolute atomic E-state index is 10.7. The van der Waals surface area contributed by atoms with E-state index in [4.69, 9.17) is 9.47 Å². The Morgan fingerprint density at radius 3 is 2.73 bits per heavy atom. The van der Waals surface area contributed by atoms with Crippen LogP contribution in [0, 0.1) is 0 Å². The van der Waals surface area contributed by atoms with Crippen LogP contribution in [-0.2, 0) is 6.54 Å². The van der Waals surface area contributed by atoms with Crippen LogP contribution >= 0.6 is 0 Å². The number of fused-ring (bicyclic) bond motifs is 1. The van der Waals surface area contributed by atoms with Gasteiger partial charge in [-0.25, -0.2) is 0 Å². The molecular formula is C18H21NO3. The van der Waals surface area contributed by atoms with E-state index in [0.29, 0.717) is 6.61 Å². The highest BCUT2D eigenvalue weighted by molar-refractivity contribution is 5.43. The van der Waals surface area contributed by atoms with E-state index in [2.05, 4.69) is 17.0 Å². The zero-order valence-corrected chi connectivity index (χ0v) is 12.9. The van der Waals surface area contributed by atoms with Crippen molar-refractivity contribution in [2.75, 3.05) is 20.8 Å². The van der Waals surface area contributed by atoms with Gasteiger partial charge >= 0.3 is 0 Å². The largest absolute Gasteiger partial charge is 0.497 e. The summed E-state index contributed by atoms with van der Waals surface area (Å²) in [5.41, 5.74) is 2.00. The van der Waals surface area contributed by atoms with Crippen molar-refractivity contribution in [1.82, 2.24) is 4.90 Å². The number of hydrogen-bond donors (Lipinski definition) is 1. The van der Waals surface area contributed by atoms with Gasteiger partial charge in [0, 0.05) is 12.1 Å². The standard InChI is InChI=1S/C18H21NO3/c1-19(11-13-6-4-3-5-7-13)16-12-22-17-9-8-14(21-2)10-15(17)18(16)20/h3-10,16,18,20H,11-12H2,1-2H3. The monoisotopic (exact) mass is 299 g/mol. The molecule has 0 amide bonds. The maximum Gasteiger partial charge on any atom is 0.125 e. The van der Waals surface area contributed by atoms with Crippen molar-refractivity contribution >= 4 is 0 Å². The van der Waals surface area contributed by atoms with Crippen LogP contribution in [-0.4, -0.2) is 36.8 Å². The lowest BCUT2D eigenvalue weighted by Gasteiger charge is -2.36. The molecule has 1 N–H and O–H groups in total. The molecule has 2 atom stereocenters. The molecule has 2 aromatic rings. The van der Waals surface area contributed by atoms with Gasteiger partial charge in [-0.2, -0.15) is 0 Å². The van der Waals surface area contributed by atoms with Crippen LogP contribution < -0.4 is 9.47 Å². The Hall–Kier alpha value is -2.04. The predicted octanol–water partition coefficient (Wildman–Crippen LogP) is 2.62. The molecule has 22 heavy (non-hydrogen) atoms. The van der Waals surface area contributed by atoms with Gasteiger partial charge in [0.15, 0.2) is 0 Å². The molecule has 4 nitrogen and oxygen atoms in total. The summed E-state index contributed by atoms with van der Waals surface area (Å²) < 4.78 is 11.0. The van der Waals surface area contributed by atoms with E-state index in [1.807, 2.05) is 43.4 Å². The maximum atomic E-state index is 10.7. The lowest BCUT2D eigenvalue weighted by molar-refractivity contribution is 0.0116. The Balaban J connectivity index is 1.78. The first-order chi connectivity index (χ1) is 10.7. The Kier molecular flexibility index (Phi) is 4.32. The SMILES string of the molecule is COc1ccc2c(c1)C(O)C(N(C)Cc1ccccc1)CO2. The van der Waals surface area contributed by atoms with Crippen LogP contribution in [0.5, 0.6) is 11.5 Å². The van der Waals surface area contributed by atoms with Crippen LogP contribution in [0.3, 0.4) is 0 Å². The predicted molar refractivity (Wildman–Crippen MR) is 85.1 cm³/mol. The molecule has 3 rings (SSSR count). The molecular weight excluding hydrogens is 278 g/mol. The Morgan fingerprint density at radius 2 is 2.00 bits per heavy atom. The van der Waals surface area contributed by atoms with Crippen molar-refractivity contribution < 1.29 is 14.6 Å². The number of nitrogens with zero attached hydrogens (tertiary/aromatic N) is 1. The first kappa shape index (κ1) is 14.9. The van der Waals surface area contributed by atoms with Gasteiger partial charge in [-0.3, -0.25) is 4.90 Å². The zero-order valence-electron chi connectivity index (χ0n) is 12.9. The molecule has 0 spiro atoms. The van der Waals surface area contributed by atoms with E-state index in [1.165, 1.54) is 5.56 Å². The van der Waals surface area contributed by atoms with Crippen LogP contribution in [0.2, 0.25) is 0 Å². The van der Waals surface area contributed by atoms with E-state index in [9.17, 15) is 5.11 Å². The van der Waals surface area contributed by atoms with Crippen molar-refractivity contribution in [3.8, 4) is 11.5 Å². The van der Waals surface area contributed by atoms with Gasteiger partial charge in [0.2, 0.25) is 0 Å². The van der Waals surface area contributed by atoms with Crippen molar-refractivity contribution in [3.05, 3.63) is 59.7 Å². The van der Waals surface area contributed by atoms with Gasteiger partial charge in [0.05, 0.1) is 13.2 Å². The number of likely N-dealkylation sites (N-methyl/N-ethyl adjacent to an activating group) is 1. The van der Waals surface area contributed by atoms with Gasteiger partial charge in [-0.1, -0.05) is 30.3 Å². The summed E-state index contributed by atoms with van der Waals surface area (Å²) in [6, 6.07) is 15.7. The molecule has 0 radical (unpaired) electrons. The number of hydrogen-bond acceptors (Lipinski definition) is 4. The van der Waals surface area contributed by atoms with E-state index in [0.717, 1.165) is 23.6 Å². The molecule has 116 valence electrons. The number of aliphatic hydroxyl groups is 1. The molecule has 0 aliphatic carbocycles. The van der Waals surface area contributed by atoms with Crippen molar-refractivity contribution in [2.24, 2.45) is 0 Å². The number of aliphatic hydroxyl groups excluding tert-OH is 1. The van der Waals surface area contributed by atoms with Gasteiger partial charge < -0.3 is 14.6 Å². The summed E-state index contributed by atoms with van der Waals surface area (Å²) in [6.07, 6.45) is -0.590. The molecule has 0 fully saturated rings. The highest BCUT2D eigenvalue weighted by atomic mass is 16.5. The molecule has 2 aromatic carbocycles. The molecule has 2 unspecified atom stereocenters. The average Bonchev–Trinajstić information content (AvgIpc) is 2.56. The summed E-state index contributed by atoms with van der Waals surface area (Å²) in [4.78, 5) is 2.13. The number of ether oxygens (including phenoxy) is 2. The van der Waals surface area contributed by atoms with Crippen molar-refractivity contribution in [2.45, 2.75) is 18.7 Å². The summed E-state index contributed by atoms with van der Waals surface area (Å²) in [5.74, 6) is 1.46. The Labute approximate surface area is 130 Å². The number of methoxy groups -OCH3 is 1. The third kappa shape index (κ3) is 2.93. The van der Waals surface area contributed by atoms with Crippen molar-refractivity contribution in [1.29, 1.82) is 0 Å². The van der Waals surface area contributed by atoms with Gasteiger partial charge in [0.1, 0.15) is 24.2 Å². The minimum atomic E-state index is -0.590. The minimum Gasteiger partial charge on any atom is -0.497 e. The highest BCUT2D eigenvalue weighted by Gasteiger charge is 2.32. The van der Waals surface area contributed by atoms with E-state index >= 15 is 0 Å². The first-order valence-corrected chi connectivity index (χ1v) is 7.42. The van der Waals surface area contributed by atoms with Gasteiger partial charge in [-0.15, -0.1) is 0 Å². The van der Waals surface area contributed by atoms with E-state index in [1.54, 1.807) is 7.11 Å². The summed E-state index contributed by atoms with van der Waals surface area (Å²) >= 11 is 0. The second kappa shape index (κ2) is 6.38. The molecule has 1 heterocycles. The fourth-order valence-corrected chi connectivity index (χ4v) is 2.85. The van der Waals surface area contributed by atoms with Gasteiger partial charge in [-0.05, 0) is 30.8 Å². The Morgan fingerprint density at radius 1 is 1.23 bits per heavy atom. The van der Waals surface area contributed by atoms with Gasteiger partial charge in [0.25, 0.3) is 0 Å². The molecule has 0 bridgehead atoms. The minimum absolute atomic E-state index is 0.0835. The average molecular weight is 299 g/mol. The second-order valence-electron chi connectivity index (χ2n) is 5.63. The van der Waals surface area contributed by atoms with E-state index in [-0.39, 0.29) is 6.04 Å². The quantitative estimate of drug-likeness (QED) is 0.942. The highest BCUT2D eigenvalue weighted by Crippen LogP contribution is 2.36. The third-order valence-corrected chi connectivity index (χ3v) is 4.15.